The first-order chi connectivity index (χ1) is 19.7. The van der Waals surface area contributed by atoms with Gasteiger partial charge in [-0.15, -0.1) is 0 Å². The minimum Gasteiger partial charge on any atom is -0.445 e. The number of Topliss-reactive ketones (excluding diaryl/α,β-unsaturated/α-hetero) is 1. The zero-order chi connectivity index (χ0) is 29.1. The second kappa shape index (κ2) is 11.5. The lowest BCUT2D eigenvalue weighted by atomic mass is 9.92. The van der Waals surface area contributed by atoms with Crippen LogP contribution in [0.5, 0.6) is 0 Å². The van der Waals surface area contributed by atoms with Crippen LogP contribution in [0.4, 0.5) is 14.9 Å². The highest BCUT2D eigenvalue weighted by Gasteiger charge is 2.40. The second-order valence-corrected chi connectivity index (χ2v) is 9.77. The standard InChI is InChI=1S/C29H27FN6O5/c1-16(37)23-13-32-24-7-6-21(18-8-9-33-34-12-18)22(27(23)24)11-26(38)36-14-19(30)10-25(36)28(39)35-20-4-2-17(3-5-20)15-41-29(31)40/h2-9,12-13,19,25,32H,10-11,14-15H2,1H3,(H2,31,40)(H,35,39)/t19-,25+/m1/s1. The summed E-state index contributed by atoms with van der Waals surface area (Å²) in [6.45, 7) is 1.20. The number of fused-ring (bicyclic) bond motifs is 1. The van der Waals surface area contributed by atoms with E-state index in [2.05, 4.69) is 20.5 Å². The number of H-pyrrole nitrogens is 1. The van der Waals surface area contributed by atoms with E-state index in [9.17, 15) is 23.6 Å². The zero-order valence-corrected chi connectivity index (χ0v) is 22.1. The summed E-state index contributed by atoms with van der Waals surface area (Å²) in [5.74, 6) is -1.15. The Kier molecular flexibility index (Phi) is 7.72. The number of ketones is 1. The van der Waals surface area contributed by atoms with Crippen LogP contribution in [-0.4, -0.2) is 62.5 Å². The highest BCUT2D eigenvalue weighted by Crippen LogP contribution is 2.34. The minimum absolute atomic E-state index is 0.0191. The first kappa shape index (κ1) is 27.4. The molecule has 3 amide bonds. The second-order valence-electron chi connectivity index (χ2n) is 9.77. The fourth-order valence-corrected chi connectivity index (χ4v) is 5.11. The monoisotopic (exact) mass is 558 g/mol. The number of hydrogen-bond acceptors (Lipinski definition) is 7. The predicted molar refractivity (Wildman–Crippen MR) is 147 cm³/mol. The number of halogens is 1. The number of primary amides is 1. The van der Waals surface area contributed by atoms with Gasteiger partial charge in [0.05, 0.1) is 25.4 Å². The van der Waals surface area contributed by atoms with Gasteiger partial charge in [-0.2, -0.15) is 10.2 Å². The molecule has 5 rings (SSSR count). The van der Waals surface area contributed by atoms with Crippen LogP contribution >= 0.6 is 0 Å². The number of aromatic nitrogens is 3. The van der Waals surface area contributed by atoms with Crippen LogP contribution in [0.1, 0.15) is 34.8 Å². The molecule has 4 aromatic rings. The Bertz CT molecular complexity index is 1620. The van der Waals surface area contributed by atoms with E-state index in [0.29, 0.717) is 44.4 Å². The Morgan fingerprint density at radius 3 is 2.59 bits per heavy atom. The molecule has 1 fully saturated rings. The van der Waals surface area contributed by atoms with Gasteiger partial charge in [0.1, 0.15) is 18.8 Å². The molecule has 0 saturated carbocycles. The van der Waals surface area contributed by atoms with Crippen LogP contribution in [0.2, 0.25) is 0 Å². The molecule has 11 nitrogen and oxygen atoms in total. The van der Waals surface area contributed by atoms with E-state index in [1.807, 2.05) is 12.1 Å². The van der Waals surface area contributed by atoms with Gasteiger partial charge in [-0.1, -0.05) is 18.2 Å². The Balaban J connectivity index is 1.41. The van der Waals surface area contributed by atoms with E-state index in [1.165, 1.54) is 18.0 Å². The van der Waals surface area contributed by atoms with Gasteiger partial charge in [0.15, 0.2) is 5.78 Å². The Morgan fingerprint density at radius 1 is 1.12 bits per heavy atom. The number of carbonyl (C=O) groups is 4. The summed E-state index contributed by atoms with van der Waals surface area (Å²) >= 11 is 0. The number of nitrogens with one attached hydrogen (secondary N) is 2. The van der Waals surface area contributed by atoms with Gasteiger partial charge in [-0.05, 0) is 47.9 Å². The molecule has 3 heterocycles. The third-order valence-electron chi connectivity index (χ3n) is 7.03. The number of anilines is 1. The number of alkyl halides is 1. The van der Waals surface area contributed by atoms with Gasteiger partial charge in [-0.3, -0.25) is 14.4 Å². The number of nitrogens with two attached hydrogens (primary N) is 1. The highest BCUT2D eigenvalue weighted by molar-refractivity contribution is 6.10. The number of carbonyl (C=O) groups excluding carboxylic acids is 4. The smallest absolute Gasteiger partial charge is 0.404 e. The van der Waals surface area contributed by atoms with Crippen LogP contribution in [0, 0.1) is 0 Å². The van der Waals surface area contributed by atoms with E-state index >= 15 is 0 Å². The summed E-state index contributed by atoms with van der Waals surface area (Å²) < 4.78 is 19.4. The molecule has 2 aromatic carbocycles. The summed E-state index contributed by atoms with van der Waals surface area (Å²) in [4.78, 5) is 54.5. The van der Waals surface area contributed by atoms with Crippen molar-refractivity contribution in [3.8, 4) is 11.1 Å². The third-order valence-corrected chi connectivity index (χ3v) is 7.03. The van der Waals surface area contributed by atoms with E-state index in [1.54, 1.807) is 42.7 Å². The van der Waals surface area contributed by atoms with Crippen molar-refractivity contribution in [3.63, 3.8) is 0 Å². The summed E-state index contributed by atoms with van der Waals surface area (Å²) in [5, 5.41) is 11.1. The van der Waals surface area contributed by atoms with Crippen LogP contribution in [0.25, 0.3) is 22.0 Å². The molecule has 2 atom stereocenters. The third kappa shape index (κ3) is 5.91. The summed E-state index contributed by atoms with van der Waals surface area (Å²) in [5.41, 5.74) is 9.12. The summed E-state index contributed by atoms with van der Waals surface area (Å²) in [6, 6.07) is 10.9. The van der Waals surface area contributed by atoms with Gasteiger partial charge >= 0.3 is 6.09 Å². The Hall–Kier alpha value is -5.13. The summed E-state index contributed by atoms with van der Waals surface area (Å²) in [6.07, 6.45) is 2.11. The molecule has 12 heteroatoms. The molecule has 0 radical (unpaired) electrons. The van der Waals surface area contributed by atoms with Crippen LogP contribution in [0.15, 0.2) is 61.1 Å². The van der Waals surface area contributed by atoms with Gasteiger partial charge in [0, 0.05) is 40.3 Å². The average Bonchev–Trinajstić information content (AvgIpc) is 3.57. The normalized spacial score (nSPS) is 16.5. The van der Waals surface area contributed by atoms with Crippen molar-refractivity contribution in [2.24, 2.45) is 5.73 Å². The van der Waals surface area contributed by atoms with Gasteiger partial charge in [0.2, 0.25) is 11.8 Å². The molecular formula is C29H27FN6O5. The van der Waals surface area contributed by atoms with E-state index < -0.39 is 30.1 Å². The predicted octanol–water partition coefficient (Wildman–Crippen LogP) is 3.54. The fourth-order valence-electron chi connectivity index (χ4n) is 5.11. The maximum Gasteiger partial charge on any atom is 0.404 e. The van der Waals surface area contributed by atoms with Crippen molar-refractivity contribution in [2.45, 2.75) is 38.6 Å². The van der Waals surface area contributed by atoms with Crippen molar-refractivity contribution >= 4 is 40.3 Å². The number of aromatic amines is 1. The molecule has 1 aliphatic rings. The van der Waals surface area contributed by atoms with Gasteiger partial charge in [0.25, 0.3) is 0 Å². The quantitative estimate of drug-likeness (QED) is 0.279. The first-order valence-electron chi connectivity index (χ1n) is 12.9. The maximum atomic E-state index is 14.7. The highest BCUT2D eigenvalue weighted by atomic mass is 19.1. The molecule has 1 aliphatic heterocycles. The molecule has 2 aromatic heterocycles. The van der Waals surface area contributed by atoms with Crippen LogP contribution in [0.3, 0.4) is 0 Å². The van der Waals surface area contributed by atoms with Crippen molar-refractivity contribution < 1.29 is 28.3 Å². The Labute approximate surface area is 233 Å². The average molecular weight is 559 g/mol. The fraction of sp³-hybridized carbons (Fsp3) is 0.241. The van der Waals surface area contributed by atoms with Crippen molar-refractivity contribution in [2.75, 3.05) is 11.9 Å². The van der Waals surface area contributed by atoms with E-state index in [4.69, 9.17) is 10.5 Å². The maximum absolute atomic E-state index is 14.7. The number of rotatable bonds is 8. The molecule has 0 bridgehead atoms. The molecule has 210 valence electrons. The number of hydrogen-bond donors (Lipinski definition) is 3. The SMILES string of the molecule is CC(=O)c1c[nH]c2ccc(-c3ccnnc3)c(CC(=O)N3C[C@H](F)C[C@H]3C(=O)Nc3ccc(COC(N)=O)cc3)c12. The number of benzene rings is 2. The van der Waals surface area contributed by atoms with Gasteiger partial charge < -0.3 is 25.7 Å². The van der Waals surface area contributed by atoms with E-state index in [0.717, 1.165) is 0 Å². The molecule has 0 aliphatic carbocycles. The molecular weight excluding hydrogens is 531 g/mol. The lowest BCUT2D eigenvalue weighted by Crippen LogP contribution is -2.44. The molecule has 0 spiro atoms. The number of amides is 3. The van der Waals surface area contributed by atoms with Crippen molar-refractivity contribution in [1.29, 1.82) is 0 Å². The molecule has 1 saturated heterocycles. The molecule has 0 unspecified atom stereocenters. The van der Waals surface area contributed by atoms with E-state index in [-0.39, 0.29) is 31.8 Å². The molecule has 4 N–H and O–H groups in total. The van der Waals surface area contributed by atoms with Gasteiger partial charge in [-0.25, -0.2) is 9.18 Å². The topological polar surface area (TPSA) is 160 Å². The first-order valence-corrected chi connectivity index (χ1v) is 12.9. The number of likely N-dealkylation sites (tertiary alicyclic amines) is 1. The van der Waals surface area contributed by atoms with Crippen LogP contribution < -0.4 is 11.1 Å². The van der Waals surface area contributed by atoms with Crippen LogP contribution in [-0.2, 0) is 27.4 Å². The Morgan fingerprint density at radius 2 is 1.90 bits per heavy atom. The van der Waals surface area contributed by atoms with Crippen molar-refractivity contribution in [3.05, 3.63) is 77.7 Å². The largest absolute Gasteiger partial charge is 0.445 e. The zero-order valence-electron chi connectivity index (χ0n) is 22.1. The lowest BCUT2D eigenvalue weighted by Gasteiger charge is -2.24. The van der Waals surface area contributed by atoms with Crippen molar-refractivity contribution in [1.82, 2.24) is 20.1 Å². The molecule has 41 heavy (non-hydrogen) atoms. The number of nitrogens with zero attached hydrogens (tertiary/aromatic N) is 3. The summed E-state index contributed by atoms with van der Waals surface area (Å²) in [7, 11) is 0. The lowest BCUT2D eigenvalue weighted by molar-refractivity contribution is -0.136. The number of ether oxygens (including phenoxy) is 1. The minimum atomic E-state index is -1.37.